The molecular formula is C25H25FN4O3S. The molecule has 2 heterocycles. The smallest absolute Gasteiger partial charge is 0.321 e. The highest BCUT2D eigenvalue weighted by Gasteiger charge is 2.51. The Labute approximate surface area is 199 Å². The number of imide groups is 1. The van der Waals surface area contributed by atoms with Gasteiger partial charge in [-0.2, -0.15) is 0 Å². The number of fused-ring (bicyclic) bond motifs is 1. The molecule has 2 aromatic heterocycles. The maximum absolute atomic E-state index is 13.3. The molecule has 2 N–H and O–H groups in total. The first-order valence-corrected chi connectivity index (χ1v) is 12.6. The van der Waals surface area contributed by atoms with Crippen molar-refractivity contribution < 1.29 is 14.0 Å². The molecule has 1 aromatic carbocycles. The van der Waals surface area contributed by atoms with Crippen molar-refractivity contribution in [3.63, 3.8) is 0 Å². The van der Waals surface area contributed by atoms with Crippen LogP contribution in [0.5, 0.6) is 0 Å². The van der Waals surface area contributed by atoms with Crippen molar-refractivity contribution >= 4 is 33.5 Å². The van der Waals surface area contributed by atoms with Crippen LogP contribution in [0, 0.1) is 23.6 Å². The van der Waals surface area contributed by atoms with Crippen molar-refractivity contribution in [2.24, 2.45) is 17.8 Å². The predicted octanol–water partition coefficient (Wildman–Crippen LogP) is 4.06. The van der Waals surface area contributed by atoms with Crippen LogP contribution in [0.15, 0.2) is 40.8 Å². The van der Waals surface area contributed by atoms with Gasteiger partial charge in [0.25, 0.3) is 5.56 Å². The average molecular weight is 481 g/mol. The standard InChI is InChI=1S/C25H25FN4O3S/c26-18-3-1-17(2-4-18)19-12-34-22-21(19)23(32)30(13-27-22)11-20(31)28-24(33)29-25-8-14-5-15(9-25)7-16(6-14)10-25/h1-4,12-16H,5-11H2,(H2,28,29,31,33). The van der Waals surface area contributed by atoms with E-state index in [0.29, 0.717) is 39.1 Å². The molecule has 0 radical (unpaired) electrons. The van der Waals surface area contributed by atoms with E-state index in [1.165, 1.54) is 53.6 Å². The number of carbonyl (C=O) groups excluding carboxylic acids is 2. The number of amides is 3. The number of thiophene rings is 1. The summed E-state index contributed by atoms with van der Waals surface area (Å²) < 4.78 is 14.5. The van der Waals surface area contributed by atoms with Crippen molar-refractivity contribution in [2.45, 2.75) is 50.6 Å². The summed E-state index contributed by atoms with van der Waals surface area (Å²) in [6.07, 6.45) is 8.10. The lowest BCUT2D eigenvalue weighted by Crippen LogP contribution is -2.62. The SMILES string of the molecule is O=C(Cn1cnc2scc(-c3ccc(F)cc3)c2c1=O)NC(=O)NC12CC3CC(CC(C3)C1)C2. The van der Waals surface area contributed by atoms with Crippen LogP contribution in [0.2, 0.25) is 0 Å². The molecular weight excluding hydrogens is 455 g/mol. The first-order chi connectivity index (χ1) is 16.4. The van der Waals surface area contributed by atoms with E-state index in [2.05, 4.69) is 15.6 Å². The van der Waals surface area contributed by atoms with E-state index in [-0.39, 0.29) is 23.5 Å². The van der Waals surface area contributed by atoms with Crippen molar-refractivity contribution in [1.82, 2.24) is 20.2 Å². The number of carbonyl (C=O) groups is 2. The van der Waals surface area contributed by atoms with Crippen molar-refractivity contribution in [3.8, 4) is 11.1 Å². The number of nitrogens with zero attached hydrogens (tertiary/aromatic N) is 2. The highest BCUT2D eigenvalue weighted by atomic mass is 32.1. The summed E-state index contributed by atoms with van der Waals surface area (Å²) in [6, 6.07) is 5.40. The second-order valence-corrected chi connectivity index (χ2v) is 11.1. The van der Waals surface area contributed by atoms with E-state index >= 15 is 0 Å². The quantitative estimate of drug-likeness (QED) is 0.589. The lowest BCUT2D eigenvalue weighted by Gasteiger charge is -2.56. The molecule has 176 valence electrons. The molecule has 4 saturated carbocycles. The van der Waals surface area contributed by atoms with Gasteiger partial charge in [0.05, 0.1) is 11.7 Å². The van der Waals surface area contributed by atoms with Gasteiger partial charge in [0.2, 0.25) is 5.91 Å². The Morgan fingerprint density at radius 3 is 2.38 bits per heavy atom. The molecule has 0 aliphatic heterocycles. The molecule has 0 atom stereocenters. The number of rotatable bonds is 4. The van der Waals surface area contributed by atoms with Gasteiger partial charge in [0, 0.05) is 16.5 Å². The third-order valence-corrected chi connectivity index (χ3v) is 8.59. The van der Waals surface area contributed by atoms with Crippen LogP contribution in [0.25, 0.3) is 21.3 Å². The van der Waals surface area contributed by atoms with Crippen LogP contribution in [0.3, 0.4) is 0 Å². The van der Waals surface area contributed by atoms with E-state index in [0.717, 1.165) is 19.3 Å². The van der Waals surface area contributed by atoms with Crippen LogP contribution in [-0.4, -0.2) is 27.0 Å². The minimum Gasteiger partial charge on any atom is -0.332 e. The molecule has 3 aromatic rings. The lowest BCUT2D eigenvalue weighted by atomic mass is 9.53. The molecule has 4 aliphatic rings. The van der Waals surface area contributed by atoms with Gasteiger partial charge >= 0.3 is 6.03 Å². The molecule has 9 heteroatoms. The van der Waals surface area contributed by atoms with E-state index in [1.807, 2.05) is 0 Å². The Morgan fingerprint density at radius 1 is 1.09 bits per heavy atom. The number of nitrogens with one attached hydrogen (secondary N) is 2. The zero-order valence-corrected chi connectivity index (χ0v) is 19.4. The third kappa shape index (κ3) is 3.81. The first-order valence-electron chi connectivity index (χ1n) is 11.7. The fourth-order valence-corrected chi connectivity index (χ4v) is 7.69. The van der Waals surface area contributed by atoms with Gasteiger partial charge in [-0.25, -0.2) is 14.2 Å². The average Bonchev–Trinajstić information content (AvgIpc) is 3.19. The molecule has 0 saturated heterocycles. The van der Waals surface area contributed by atoms with Gasteiger partial charge in [0.15, 0.2) is 0 Å². The molecule has 4 aliphatic carbocycles. The summed E-state index contributed by atoms with van der Waals surface area (Å²) >= 11 is 1.31. The summed E-state index contributed by atoms with van der Waals surface area (Å²) in [5, 5.41) is 7.70. The summed E-state index contributed by atoms with van der Waals surface area (Å²) in [5.74, 6) is 1.12. The van der Waals surface area contributed by atoms with Gasteiger partial charge in [0.1, 0.15) is 17.2 Å². The van der Waals surface area contributed by atoms with E-state index in [1.54, 1.807) is 17.5 Å². The largest absolute Gasteiger partial charge is 0.332 e. The Hall–Kier alpha value is -3.07. The van der Waals surface area contributed by atoms with Gasteiger partial charge in [-0.1, -0.05) is 12.1 Å². The van der Waals surface area contributed by atoms with Gasteiger partial charge in [-0.05, 0) is 74.0 Å². The van der Waals surface area contributed by atoms with Crippen LogP contribution >= 0.6 is 11.3 Å². The van der Waals surface area contributed by atoms with E-state index in [4.69, 9.17) is 0 Å². The first kappa shape index (κ1) is 21.5. The van der Waals surface area contributed by atoms with Crippen molar-refractivity contribution in [1.29, 1.82) is 0 Å². The second kappa shape index (κ2) is 8.01. The zero-order valence-electron chi connectivity index (χ0n) is 18.6. The third-order valence-electron chi connectivity index (χ3n) is 7.70. The van der Waals surface area contributed by atoms with Crippen molar-refractivity contribution in [3.05, 3.63) is 52.1 Å². The molecule has 0 spiro atoms. The maximum atomic E-state index is 13.3. The number of benzene rings is 1. The molecule has 34 heavy (non-hydrogen) atoms. The Bertz CT molecular complexity index is 1310. The fourth-order valence-electron chi connectivity index (χ4n) is 6.78. The summed E-state index contributed by atoms with van der Waals surface area (Å²) in [6.45, 7) is -0.311. The minimum atomic E-state index is -0.566. The highest BCUT2D eigenvalue weighted by Crippen LogP contribution is 2.55. The zero-order chi connectivity index (χ0) is 23.4. The predicted molar refractivity (Wildman–Crippen MR) is 127 cm³/mol. The topological polar surface area (TPSA) is 93.1 Å². The van der Waals surface area contributed by atoms with Crippen molar-refractivity contribution in [2.75, 3.05) is 0 Å². The fraction of sp³-hybridized carbons (Fsp3) is 0.440. The molecule has 7 rings (SSSR count). The lowest BCUT2D eigenvalue weighted by molar-refractivity contribution is -0.120. The minimum absolute atomic E-state index is 0.197. The van der Waals surface area contributed by atoms with Gasteiger partial charge in [-0.15, -0.1) is 11.3 Å². The summed E-state index contributed by atoms with van der Waals surface area (Å²) in [4.78, 5) is 43.3. The Morgan fingerprint density at radius 2 is 1.74 bits per heavy atom. The van der Waals surface area contributed by atoms with Crippen LogP contribution < -0.4 is 16.2 Å². The Kier molecular flexibility index (Phi) is 5.05. The van der Waals surface area contributed by atoms with Crippen LogP contribution in [0.4, 0.5) is 9.18 Å². The number of hydrogen-bond donors (Lipinski definition) is 2. The maximum Gasteiger partial charge on any atom is 0.321 e. The number of halogens is 1. The van der Waals surface area contributed by atoms with Gasteiger partial charge < -0.3 is 5.32 Å². The van der Waals surface area contributed by atoms with Crippen LogP contribution in [-0.2, 0) is 11.3 Å². The van der Waals surface area contributed by atoms with Crippen LogP contribution in [0.1, 0.15) is 38.5 Å². The Balaban J connectivity index is 1.17. The number of aromatic nitrogens is 2. The number of urea groups is 1. The molecule has 4 bridgehead atoms. The molecule has 7 nitrogen and oxygen atoms in total. The highest BCUT2D eigenvalue weighted by molar-refractivity contribution is 7.17. The second-order valence-electron chi connectivity index (χ2n) is 10.2. The van der Waals surface area contributed by atoms with E-state index in [9.17, 15) is 18.8 Å². The molecule has 0 unspecified atom stereocenters. The normalized spacial score (nSPS) is 27.1. The van der Waals surface area contributed by atoms with Gasteiger partial charge in [-0.3, -0.25) is 19.5 Å². The molecule has 4 fully saturated rings. The monoisotopic (exact) mass is 480 g/mol. The van der Waals surface area contributed by atoms with E-state index < -0.39 is 11.9 Å². The summed E-state index contributed by atoms with van der Waals surface area (Å²) in [7, 11) is 0. The summed E-state index contributed by atoms with van der Waals surface area (Å²) in [5.41, 5.74) is 0.773. The molecule has 3 amide bonds. The number of hydrogen-bond acceptors (Lipinski definition) is 5.